The molecular formula is C15H8ClF3O. The van der Waals surface area contributed by atoms with Crippen LogP contribution in [0.3, 0.4) is 0 Å². The minimum atomic E-state index is -4.51. The second-order valence-corrected chi connectivity index (χ2v) is 4.69. The highest BCUT2D eigenvalue weighted by atomic mass is 35.5. The van der Waals surface area contributed by atoms with Crippen molar-refractivity contribution in [1.29, 1.82) is 0 Å². The van der Waals surface area contributed by atoms with Crippen LogP contribution in [0.2, 0.25) is 5.02 Å². The number of para-hydroxylation sites is 1. The van der Waals surface area contributed by atoms with Gasteiger partial charge >= 0.3 is 6.18 Å². The summed E-state index contributed by atoms with van der Waals surface area (Å²) in [6.07, 6.45) is -4.51. The molecule has 1 heterocycles. The van der Waals surface area contributed by atoms with Crippen molar-refractivity contribution in [2.75, 3.05) is 0 Å². The molecule has 0 spiro atoms. The van der Waals surface area contributed by atoms with E-state index in [0.29, 0.717) is 0 Å². The Bertz CT molecular complexity index is 774. The number of fused-ring (bicyclic) bond motifs is 1. The highest BCUT2D eigenvalue weighted by molar-refractivity contribution is 6.33. The summed E-state index contributed by atoms with van der Waals surface area (Å²) in [4.78, 5) is 0. The van der Waals surface area contributed by atoms with Crippen molar-refractivity contribution in [3.63, 3.8) is 0 Å². The van der Waals surface area contributed by atoms with E-state index in [-0.39, 0.29) is 27.3 Å². The molecule has 1 aromatic heterocycles. The molecule has 0 aliphatic rings. The van der Waals surface area contributed by atoms with Crippen LogP contribution in [0.25, 0.3) is 22.3 Å². The Hall–Kier alpha value is -1.94. The van der Waals surface area contributed by atoms with E-state index in [4.69, 9.17) is 16.0 Å². The van der Waals surface area contributed by atoms with Gasteiger partial charge in [-0.2, -0.15) is 13.2 Å². The van der Waals surface area contributed by atoms with Crippen LogP contribution in [0, 0.1) is 0 Å². The SMILES string of the molecule is FC(F)(F)c1c(-c2ccccc2Cl)oc2ccccc12. The molecule has 0 bridgehead atoms. The average Bonchev–Trinajstić information content (AvgIpc) is 2.78. The monoisotopic (exact) mass is 296 g/mol. The Morgan fingerprint density at radius 1 is 0.900 bits per heavy atom. The van der Waals surface area contributed by atoms with E-state index in [2.05, 4.69) is 0 Å². The van der Waals surface area contributed by atoms with Crippen molar-refractivity contribution in [2.45, 2.75) is 6.18 Å². The Labute approximate surface area is 117 Å². The van der Waals surface area contributed by atoms with Gasteiger partial charge in [0.15, 0.2) is 0 Å². The normalized spacial score (nSPS) is 12.0. The lowest BCUT2D eigenvalue weighted by molar-refractivity contribution is -0.136. The van der Waals surface area contributed by atoms with Gasteiger partial charge < -0.3 is 4.42 Å². The Morgan fingerprint density at radius 2 is 1.55 bits per heavy atom. The van der Waals surface area contributed by atoms with Gasteiger partial charge in [0, 0.05) is 10.9 Å². The molecule has 0 unspecified atom stereocenters. The molecule has 20 heavy (non-hydrogen) atoms. The molecule has 0 fully saturated rings. The van der Waals surface area contributed by atoms with E-state index in [0.717, 1.165) is 0 Å². The number of alkyl halides is 3. The first kappa shape index (κ1) is 13.1. The number of hydrogen-bond donors (Lipinski definition) is 0. The molecule has 0 radical (unpaired) electrons. The second-order valence-electron chi connectivity index (χ2n) is 4.28. The van der Waals surface area contributed by atoms with E-state index in [1.54, 1.807) is 24.3 Å². The smallest absolute Gasteiger partial charge is 0.420 e. The summed E-state index contributed by atoms with van der Waals surface area (Å²) in [6.45, 7) is 0. The van der Waals surface area contributed by atoms with Crippen molar-refractivity contribution in [3.8, 4) is 11.3 Å². The summed E-state index contributed by atoms with van der Waals surface area (Å²) in [5.74, 6) is -0.246. The summed E-state index contributed by atoms with van der Waals surface area (Å²) < 4.78 is 45.4. The molecule has 3 rings (SSSR count). The van der Waals surface area contributed by atoms with Crippen LogP contribution < -0.4 is 0 Å². The van der Waals surface area contributed by atoms with Gasteiger partial charge in [0.05, 0.1) is 5.02 Å². The van der Waals surface area contributed by atoms with E-state index < -0.39 is 11.7 Å². The molecule has 5 heteroatoms. The minimum absolute atomic E-state index is 0.0370. The predicted octanol–water partition coefficient (Wildman–Crippen LogP) is 5.77. The van der Waals surface area contributed by atoms with Crippen molar-refractivity contribution < 1.29 is 17.6 Å². The summed E-state index contributed by atoms with van der Waals surface area (Å²) in [5, 5.41) is 0.256. The summed E-state index contributed by atoms with van der Waals surface area (Å²) in [7, 11) is 0. The first-order valence-electron chi connectivity index (χ1n) is 5.82. The largest absolute Gasteiger partial charge is 0.455 e. The topological polar surface area (TPSA) is 13.1 Å². The van der Waals surface area contributed by atoms with Gasteiger partial charge in [0.2, 0.25) is 0 Å². The molecule has 0 aliphatic carbocycles. The van der Waals surface area contributed by atoms with Gasteiger partial charge in [-0.3, -0.25) is 0 Å². The fourth-order valence-corrected chi connectivity index (χ4v) is 2.38. The summed E-state index contributed by atoms with van der Waals surface area (Å²) in [6, 6.07) is 12.4. The van der Waals surface area contributed by atoms with Crippen molar-refractivity contribution >= 4 is 22.6 Å². The Kier molecular flexibility index (Phi) is 2.98. The number of hydrogen-bond acceptors (Lipinski definition) is 1. The fraction of sp³-hybridized carbons (Fsp3) is 0.0667. The zero-order valence-electron chi connectivity index (χ0n) is 10.0. The van der Waals surface area contributed by atoms with E-state index in [1.807, 2.05) is 0 Å². The maximum Gasteiger partial charge on any atom is 0.420 e. The van der Waals surface area contributed by atoms with Gasteiger partial charge in [0.25, 0.3) is 0 Å². The Balaban J connectivity index is 2.39. The zero-order valence-corrected chi connectivity index (χ0v) is 10.8. The van der Waals surface area contributed by atoms with Crippen molar-refractivity contribution in [3.05, 3.63) is 59.1 Å². The molecule has 1 nitrogen and oxygen atoms in total. The molecular weight excluding hydrogens is 289 g/mol. The van der Waals surface area contributed by atoms with Gasteiger partial charge in [-0.1, -0.05) is 41.9 Å². The molecule has 0 saturated heterocycles. The van der Waals surface area contributed by atoms with E-state index in [1.165, 1.54) is 24.3 Å². The van der Waals surface area contributed by atoms with Gasteiger partial charge in [-0.15, -0.1) is 0 Å². The third-order valence-electron chi connectivity index (χ3n) is 3.00. The highest BCUT2D eigenvalue weighted by Crippen LogP contribution is 2.45. The molecule has 0 N–H and O–H groups in total. The van der Waals surface area contributed by atoms with Crippen LogP contribution in [0.4, 0.5) is 13.2 Å². The third-order valence-corrected chi connectivity index (χ3v) is 3.33. The van der Waals surface area contributed by atoms with E-state index >= 15 is 0 Å². The number of rotatable bonds is 1. The lowest BCUT2D eigenvalue weighted by Crippen LogP contribution is -2.05. The highest BCUT2D eigenvalue weighted by Gasteiger charge is 2.39. The number of furan rings is 1. The molecule has 2 aromatic carbocycles. The molecule has 0 atom stereocenters. The van der Waals surface area contributed by atoms with Crippen LogP contribution in [0.5, 0.6) is 0 Å². The first-order chi connectivity index (χ1) is 9.48. The Morgan fingerprint density at radius 3 is 2.25 bits per heavy atom. The minimum Gasteiger partial charge on any atom is -0.455 e. The molecule has 0 aliphatic heterocycles. The first-order valence-corrected chi connectivity index (χ1v) is 6.20. The lowest BCUT2D eigenvalue weighted by Gasteiger charge is -2.08. The predicted molar refractivity (Wildman–Crippen MR) is 71.7 cm³/mol. The zero-order chi connectivity index (χ0) is 14.3. The molecule has 102 valence electrons. The van der Waals surface area contributed by atoms with Gasteiger partial charge in [-0.05, 0) is 18.2 Å². The van der Waals surface area contributed by atoms with Crippen LogP contribution in [0.1, 0.15) is 5.56 Å². The van der Waals surface area contributed by atoms with Crippen LogP contribution in [0.15, 0.2) is 52.9 Å². The maximum absolute atomic E-state index is 13.3. The van der Waals surface area contributed by atoms with Crippen LogP contribution in [-0.4, -0.2) is 0 Å². The summed E-state index contributed by atoms with van der Waals surface area (Å²) in [5.41, 5.74) is -0.367. The number of halogens is 4. The average molecular weight is 297 g/mol. The van der Waals surface area contributed by atoms with Gasteiger partial charge in [0.1, 0.15) is 16.9 Å². The third kappa shape index (κ3) is 2.06. The summed E-state index contributed by atoms with van der Waals surface area (Å²) >= 11 is 5.98. The number of benzene rings is 2. The van der Waals surface area contributed by atoms with Crippen molar-refractivity contribution in [2.24, 2.45) is 0 Å². The quantitative estimate of drug-likeness (QED) is 0.555. The second kappa shape index (κ2) is 4.56. The van der Waals surface area contributed by atoms with E-state index in [9.17, 15) is 13.2 Å². The molecule has 0 amide bonds. The standard InChI is InChI=1S/C15H8ClF3O/c16-11-7-3-1-5-9(11)14-13(15(17,18)19)10-6-2-4-8-12(10)20-14/h1-8H. The van der Waals surface area contributed by atoms with Crippen LogP contribution in [-0.2, 0) is 6.18 Å². The van der Waals surface area contributed by atoms with Crippen LogP contribution >= 0.6 is 11.6 Å². The fourth-order valence-electron chi connectivity index (χ4n) is 2.16. The van der Waals surface area contributed by atoms with Crippen molar-refractivity contribution in [1.82, 2.24) is 0 Å². The maximum atomic E-state index is 13.3. The lowest BCUT2D eigenvalue weighted by atomic mass is 10.1. The van der Waals surface area contributed by atoms with Gasteiger partial charge in [-0.25, -0.2) is 0 Å². The molecule has 0 saturated carbocycles. The molecule has 3 aromatic rings.